The minimum absolute atomic E-state index is 0.121. The molecule has 2 aliphatic rings. The van der Waals surface area contributed by atoms with E-state index in [4.69, 9.17) is 9.47 Å². The number of sulfone groups is 1. The van der Waals surface area contributed by atoms with Crippen molar-refractivity contribution in [3.8, 4) is 11.5 Å². The second-order valence-electron chi connectivity index (χ2n) is 5.99. The number of nitrogens with one attached hydrogen (secondary N) is 2. The van der Waals surface area contributed by atoms with Gasteiger partial charge in [0, 0.05) is 24.0 Å². The average Bonchev–Trinajstić information content (AvgIpc) is 2.93. The van der Waals surface area contributed by atoms with Crippen LogP contribution in [0.4, 0.5) is 17.5 Å². The molecule has 0 saturated carbocycles. The monoisotopic (exact) mass is 362 g/mol. The first-order valence-corrected chi connectivity index (χ1v) is 9.86. The highest BCUT2D eigenvalue weighted by Crippen LogP contribution is 2.33. The molecule has 1 aromatic carbocycles. The lowest BCUT2D eigenvalue weighted by Crippen LogP contribution is -2.22. The largest absolute Gasteiger partial charge is 0.486 e. The molecule has 8 nitrogen and oxygen atoms in total. The third kappa shape index (κ3) is 3.76. The Labute approximate surface area is 145 Å². The number of aromatic nitrogens is 2. The summed E-state index contributed by atoms with van der Waals surface area (Å²) in [6.07, 6.45) is 2.20. The third-order valence-corrected chi connectivity index (χ3v) is 5.80. The molecule has 132 valence electrons. The predicted octanol–water partition coefficient (Wildman–Crippen LogP) is 1.59. The van der Waals surface area contributed by atoms with Crippen LogP contribution in [0.2, 0.25) is 0 Å². The summed E-state index contributed by atoms with van der Waals surface area (Å²) in [5, 5.41) is 6.28. The van der Waals surface area contributed by atoms with Crippen LogP contribution in [0.3, 0.4) is 0 Å². The fourth-order valence-corrected chi connectivity index (χ4v) is 4.53. The lowest BCUT2D eigenvalue weighted by Gasteiger charge is -2.19. The van der Waals surface area contributed by atoms with Gasteiger partial charge in [0.2, 0.25) is 5.95 Å². The smallest absolute Gasteiger partial charge is 0.224 e. The van der Waals surface area contributed by atoms with Crippen molar-refractivity contribution in [3.05, 3.63) is 30.5 Å². The van der Waals surface area contributed by atoms with E-state index in [0.717, 1.165) is 11.4 Å². The molecule has 4 rings (SSSR count). The van der Waals surface area contributed by atoms with Crippen molar-refractivity contribution in [1.29, 1.82) is 0 Å². The number of rotatable bonds is 4. The van der Waals surface area contributed by atoms with Crippen molar-refractivity contribution < 1.29 is 17.9 Å². The lowest BCUT2D eigenvalue weighted by molar-refractivity contribution is 0.171. The van der Waals surface area contributed by atoms with Gasteiger partial charge in [-0.15, -0.1) is 0 Å². The first kappa shape index (κ1) is 15.9. The maximum atomic E-state index is 11.5. The zero-order valence-electron chi connectivity index (χ0n) is 13.4. The van der Waals surface area contributed by atoms with Crippen LogP contribution in [0.1, 0.15) is 6.42 Å². The van der Waals surface area contributed by atoms with E-state index < -0.39 is 9.84 Å². The van der Waals surface area contributed by atoms with Gasteiger partial charge in [0.25, 0.3) is 0 Å². The summed E-state index contributed by atoms with van der Waals surface area (Å²) >= 11 is 0. The zero-order valence-corrected chi connectivity index (χ0v) is 14.3. The summed E-state index contributed by atoms with van der Waals surface area (Å²) in [5.74, 6) is 2.76. The van der Waals surface area contributed by atoms with E-state index in [0.29, 0.717) is 37.2 Å². The quantitative estimate of drug-likeness (QED) is 0.845. The van der Waals surface area contributed by atoms with Gasteiger partial charge in [-0.25, -0.2) is 13.4 Å². The summed E-state index contributed by atoms with van der Waals surface area (Å²) in [7, 11) is -2.94. The Bertz CT molecular complexity index is 887. The van der Waals surface area contributed by atoms with E-state index in [-0.39, 0.29) is 17.5 Å². The molecule has 25 heavy (non-hydrogen) atoms. The number of hydrogen-bond acceptors (Lipinski definition) is 8. The molecule has 0 amide bonds. The van der Waals surface area contributed by atoms with E-state index in [9.17, 15) is 8.42 Å². The van der Waals surface area contributed by atoms with E-state index in [1.54, 1.807) is 12.3 Å². The Morgan fingerprint density at radius 1 is 1.12 bits per heavy atom. The Morgan fingerprint density at radius 2 is 1.96 bits per heavy atom. The maximum absolute atomic E-state index is 11.5. The molecule has 1 aromatic heterocycles. The second kappa shape index (κ2) is 6.40. The van der Waals surface area contributed by atoms with Gasteiger partial charge in [0.1, 0.15) is 19.0 Å². The molecule has 1 atom stereocenters. The molecule has 3 heterocycles. The van der Waals surface area contributed by atoms with Gasteiger partial charge in [0.05, 0.1) is 11.5 Å². The zero-order chi connectivity index (χ0) is 17.3. The van der Waals surface area contributed by atoms with Crippen molar-refractivity contribution in [3.63, 3.8) is 0 Å². The highest BCUT2D eigenvalue weighted by Gasteiger charge is 2.28. The minimum Gasteiger partial charge on any atom is -0.486 e. The Hall–Kier alpha value is -2.55. The molecule has 1 fully saturated rings. The second-order valence-corrected chi connectivity index (χ2v) is 8.22. The van der Waals surface area contributed by atoms with Crippen LogP contribution in [0.25, 0.3) is 0 Å². The first-order chi connectivity index (χ1) is 12.1. The Morgan fingerprint density at radius 3 is 2.76 bits per heavy atom. The average molecular weight is 362 g/mol. The number of hydrogen-bond donors (Lipinski definition) is 2. The molecular formula is C16H18N4O4S. The van der Waals surface area contributed by atoms with E-state index in [1.165, 1.54) is 0 Å². The van der Waals surface area contributed by atoms with Crippen molar-refractivity contribution in [2.24, 2.45) is 0 Å². The number of nitrogens with zero attached hydrogens (tertiary/aromatic N) is 2. The molecule has 1 saturated heterocycles. The van der Waals surface area contributed by atoms with Crippen LogP contribution >= 0.6 is 0 Å². The maximum Gasteiger partial charge on any atom is 0.224 e. The number of fused-ring (bicyclic) bond motifs is 1. The van der Waals surface area contributed by atoms with Gasteiger partial charge in [-0.05, 0) is 24.6 Å². The van der Waals surface area contributed by atoms with Crippen LogP contribution in [0, 0.1) is 0 Å². The molecular weight excluding hydrogens is 344 g/mol. The van der Waals surface area contributed by atoms with Crippen molar-refractivity contribution >= 4 is 27.3 Å². The van der Waals surface area contributed by atoms with Crippen LogP contribution in [0.5, 0.6) is 11.5 Å². The fraction of sp³-hybridized carbons (Fsp3) is 0.375. The summed E-state index contributed by atoms with van der Waals surface area (Å²) in [6.45, 7) is 1.08. The number of benzene rings is 1. The van der Waals surface area contributed by atoms with Crippen molar-refractivity contribution in [1.82, 2.24) is 9.97 Å². The predicted molar refractivity (Wildman–Crippen MR) is 93.4 cm³/mol. The standard InChI is InChI=1S/C16H18N4O4S/c21-25(22)8-4-12(10-25)19-16-17-5-3-15(20-16)18-11-1-2-13-14(9-11)24-7-6-23-13/h1-3,5,9,12H,4,6-8,10H2,(H2,17,18,19,20). The van der Waals surface area contributed by atoms with Gasteiger partial charge in [-0.1, -0.05) is 0 Å². The molecule has 1 unspecified atom stereocenters. The summed E-state index contributed by atoms with van der Waals surface area (Å²) in [5.41, 5.74) is 0.817. The normalized spacial score (nSPS) is 20.9. The molecule has 0 bridgehead atoms. The Kier molecular flexibility index (Phi) is 4.08. The van der Waals surface area contributed by atoms with Gasteiger partial charge < -0.3 is 20.1 Å². The number of ether oxygens (including phenoxy) is 2. The van der Waals surface area contributed by atoms with Crippen molar-refractivity contribution in [2.45, 2.75) is 12.5 Å². The van der Waals surface area contributed by atoms with E-state index in [1.807, 2.05) is 18.2 Å². The molecule has 2 aliphatic heterocycles. The van der Waals surface area contributed by atoms with Gasteiger partial charge in [-0.2, -0.15) is 4.98 Å². The van der Waals surface area contributed by atoms with Gasteiger partial charge >= 0.3 is 0 Å². The minimum atomic E-state index is -2.94. The van der Waals surface area contributed by atoms with Crippen LogP contribution in [-0.4, -0.2) is 49.1 Å². The van der Waals surface area contributed by atoms with Gasteiger partial charge in [0.15, 0.2) is 21.3 Å². The fourth-order valence-electron chi connectivity index (χ4n) is 2.86. The molecule has 2 N–H and O–H groups in total. The van der Waals surface area contributed by atoms with Crippen LogP contribution in [0.15, 0.2) is 30.5 Å². The van der Waals surface area contributed by atoms with Crippen LogP contribution < -0.4 is 20.1 Å². The third-order valence-electron chi connectivity index (χ3n) is 4.04. The highest BCUT2D eigenvalue weighted by molar-refractivity contribution is 7.91. The SMILES string of the molecule is O=S1(=O)CCC(Nc2nccc(Nc3ccc4c(c3)OCCO4)n2)C1. The molecule has 0 spiro atoms. The Balaban J connectivity index is 1.46. The highest BCUT2D eigenvalue weighted by atomic mass is 32.2. The van der Waals surface area contributed by atoms with E-state index in [2.05, 4.69) is 20.6 Å². The number of anilines is 3. The molecule has 0 radical (unpaired) electrons. The van der Waals surface area contributed by atoms with E-state index >= 15 is 0 Å². The van der Waals surface area contributed by atoms with Crippen molar-refractivity contribution in [2.75, 3.05) is 35.4 Å². The summed E-state index contributed by atoms with van der Waals surface area (Å²) in [6, 6.07) is 7.18. The topological polar surface area (TPSA) is 102 Å². The molecule has 2 aromatic rings. The summed E-state index contributed by atoms with van der Waals surface area (Å²) in [4.78, 5) is 8.55. The van der Waals surface area contributed by atoms with Gasteiger partial charge in [-0.3, -0.25) is 0 Å². The van der Waals surface area contributed by atoms with Crippen LogP contribution in [-0.2, 0) is 9.84 Å². The molecule has 0 aliphatic carbocycles. The first-order valence-electron chi connectivity index (χ1n) is 8.04. The lowest BCUT2D eigenvalue weighted by atomic mass is 10.2. The molecule has 9 heteroatoms. The summed E-state index contributed by atoms with van der Waals surface area (Å²) < 4.78 is 34.2.